The van der Waals surface area contributed by atoms with Gasteiger partial charge in [-0.15, -0.1) is 0 Å². The van der Waals surface area contributed by atoms with Gasteiger partial charge in [0.05, 0.1) is 0 Å². The number of rotatable bonds is 16. The van der Waals surface area contributed by atoms with Crippen LogP contribution < -0.4 is 5.73 Å². The van der Waals surface area contributed by atoms with E-state index in [4.69, 9.17) is 5.73 Å². The van der Waals surface area contributed by atoms with Crippen molar-refractivity contribution in [2.24, 2.45) is 5.73 Å². The zero-order valence-corrected chi connectivity index (χ0v) is 18.9. The molecule has 0 fully saturated rings. The summed E-state index contributed by atoms with van der Waals surface area (Å²) in [6.45, 7) is 7.40. The summed E-state index contributed by atoms with van der Waals surface area (Å²) in [6, 6.07) is 8.36. The summed E-state index contributed by atoms with van der Waals surface area (Å²) < 4.78 is 0. The summed E-state index contributed by atoms with van der Waals surface area (Å²) in [5.41, 5.74) is 8.22. The van der Waals surface area contributed by atoms with E-state index < -0.39 is 0 Å². The van der Waals surface area contributed by atoms with Crippen molar-refractivity contribution in [2.75, 3.05) is 6.54 Å². The van der Waals surface area contributed by atoms with Crippen molar-refractivity contribution in [3.05, 3.63) is 35.4 Å². The summed E-state index contributed by atoms with van der Waals surface area (Å²) in [7, 11) is 0. The van der Waals surface area contributed by atoms with Gasteiger partial charge in [0.15, 0.2) is 0 Å². The third kappa shape index (κ3) is 19.7. The van der Waals surface area contributed by atoms with Crippen LogP contribution in [0.1, 0.15) is 121 Å². The molecule has 0 amide bonds. The first-order chi connectivity index (χ1) is 13.2. The quantitative estimate of drug-likeness (QED) is 0.288. The molecule has 0 radical (unpaired) electrons. The third-order valence-corrected chi connectivity index (χ3v) is 5.48. The van der Waals surface area contributed by atoms with E-state index in [0.29, 0.717) is 0 Å². The molecule has 0 saturated carbocycles. The van der Waals surface area contributed by atoms with Crippen LogP contribution in [0.15, 0.2) is 24.3 Å². The Labute approximate surface area is 171 Å². The Morgan fingerprint density at radius 3 is 1.07 bits per heavy atom. The summed E-state index contributed by atoms with van der Waals surface area (Å²) >= 11 is 0. The lowest BCUT2D eigenvalue weighted by atomic mass is 10.0. The molecule has 1 nitrogen and oxygen atoms in total. The molecule has 0 atom stereocenters. The predicted octanol–water partition coefficient (Wildman–Crippen LogP) is 8.51. The molecule has 0 spiro atoms. The maximum Gasteiger partial charge on any atom is -0.00773 e. The highest BCUT2D eigenvalue weighted by atomic mass is 14.5. The number of hydrogen-bond donors (Lipinski definition) is 1. The highest BCUT2D eigenvalue weighted by molar-refractivity contribution is 5.23. The van der Waals surface area contributed by atoms with Crippen LogP contribution in [-0.4, -0.2) is 6.54 Å². The van der Waals surface area contributed by atoms with Crippen molar-refractivity contribution in [1.82, 2.24) is 0 Å². The molecule has 0 aliphatic carbocycles. The van der Waals surface area contributed by atoms with Crippen LogP contribution >= 0.6 is 0 Å². The van der Waals surface area contributed by atoms with Crippen LogP contribution in [0.3, 0.4) is 0 Å². The fourth-order valence-corrected chi connectivity index (χ4v) is 3.36. The van der Waals surface area contributed by atoms with Gasteiger partial charge in [-0.1, -0.05) is 128 Å². The van der Waals surface area contributed by atoms with Gasteiger partial charge in [0.25, 0.3) is 0 Å². The van der Waals surface area contributed by atoms with Crippen LogP contribution in [0.25, 0.3) is 0 Å². The lowest BCUT2D eigenvalue weighted by molar-refractivity contribution is 0.530. The van der Waals surface area contributed by atoms with E-state index in [2.05, 4.69) is 45.0 Å². The van der Waals surface area contributed by atoms with Gasteiger partial charge in [-0.2, -0.15) is 0 Å². The number of unbranched alkanes of at least 4 members (excludes halogenated alkanes) is 15. The second kappa shape index (κ2) is 21.5. The molecule has 158 valence electrons. The maximum atomic E-state index is 5.48. The largest absolute Gasteiger partial charge is 0.330 e. The first-order valence-electron chi connectivity index (χ1n) is 11.9. The van der Waals surface area contributed by atoms with E-state index in [-0.39, 0.29) is 0 Å². The minimum atomic E-state index is 0.873. The van der Waals surface area contributed by atoms with E-state index in [0.717, 1.165) is 6.54 Å². The topological polar surface area (TPSA) is 26.0 Å². The molecular formula is C26H49N. The van der Waals surface area contributed by atoms with E-state index in [1.165, 1.54) is 114 Å². The van der Waals surface area contributed by atoms with Crippen LogP contribution in [0.4, 0.5) is 0 Å². The smallest absolute Gasteiger partial charge is 0.00773 e. The van der Waals surface area contributed by atoms with Gasteiger partial charge in [-0.3, -0.25) is 0 Å². The van der Waals surface area contributed by atoms with Gasteiger partial charge in [-0.05, 0) is 37.9 Å². The molecular weight excluding hydrogens is 326 g/mol. The molecule has 0 saturated heterocycles. The van der Waals surface area contributed by atoms with E-state index >= 15 is 0 Å². The number of hydrogen-bond acceptors (Lipinski definition) is 1. The molecule has 1 aromatic carbocycles. The molecule has 2 N–H and O–H groups in total. The van der Waals surface area contributed by atoms with Gasteiger partial charge in [0, 0.05) is 0 Å². The molecule has 0 aromatic heterocycles. The van der Waals surface area contributed by atoms with Gasteiger partial charge in [0.2, 0.25) is 0 Å². The van der Waals surface area contributed by atoms with E-state index in [1.807, 2.05) is 0 Å². The van der Waals surface area contributed by atoms with Gasteiger partial charge in [0.1, 0.15) is 0 Å². The molecule has 1 heteroatoms. The first-order valence-corrected chi connectivity index (χ1v) is 11.9. The lowest BCUT2D eigenvalue weighted by Crippen LogP contribution is -1.97. The Bertz CT molecular complexity index is 362. The zero-order chi connectivity index (χ0) is 20.0. The van der Waals surface area contributed by atoms with Crippen molar-refractivity contribution < 1.29 is 0 Å². The van der Waals surface area contributed by atoms with E-state index in [1.54, 1.807) is 0 Å². The van der Waals surface area contributed by atoms with Crippen molar-refractivity contribution in [1.29, 1.82) is 0 Å². The van der Waals surface area contributed by atoms with Crippen molar-refractivity contribution in [3.8, 4) is 0 Å². The second-order valence-electron chi connectivity index (χ2n) is 8.18. The third-order valence-electron chi connectivity index (χ3n) is 5.48. The van der Waals surface area contributed by atoms with Crippen molar-refractivity contribution >= 4 is 0 Å². The Morgan fingerprint density at radius 2 is 0.815 bits per heavy atom. The molecule has 0 bridgehead atoms. The minimum absolute atomic E-state index is 0.873. The highest BCUT2D eigenvalue weighted by Gasteiger charge is 1.94. The fraction of sp³-hybridized carbons (Fsp3) is 0.769. The van der Waals surface area contributed by atoms with Gasteiger partial charge >= 0.3 is 0 Å². The SMILES string of the molecule is CCCCCCCCCCCCCCCCCCN.Cc1ccccc1C. The number of aryl methyl sites for hydroxylation is 2. The summed E-state index contributed by atoms with van der Waals surface area (Å²) in [6.07, 6.45) is 22.9. The van der Waals surface area contributed by atoms with Crippen molar-refractivity contribution in [3.63, 3.8) is 0 Å². The van der Waals surface area contributed by atoms with Crippen LogP contribution in [0.2, 0.25) is 0 Å². The molecule has 1 aromatic rings. The molecule has 0 aliphatic rings. The summed E-state index contributed by atoms with van der Waals surface area (Å²) in [4.78, 5) is 0. The Hall–Kier alpha value is -0.820. The van der Waals surface area contributed by atoms with Crippen LogP contribution in [-0.2, 0) is 0 Å². The second-order valence-corrected chi connectivity index (χ2v) is 8.18. The average molecular weight is 376 g/mol. The molecule has 0 heterocycles. The Balaban J connectivity index is 0.000000694. The first kappa shape index (κ1) is 26.2. The van der Waals surface area contributed by atoms with Gasteiger partial charge in [-0.25, -0.2) is 0 Å². The Kier molecular flexibility index (Phi) is 20.8. The minimum Gasteiger partial charge on any atom is -0.330 e. The average Bonchev–Trinajstić information content (AvgIpc) is 2.68. The normalized spacial score (nSPS) is 10.5. The fourth-order valence-electron chi connectivity index (χ4n) is 3.36. The van der Waals surface area contributed by atoms with Crippen LogP contribution in [0, 0.1) is 13.8 Å². The van der Waals surface area contributed by atoms with Crippen LogP contribution in [0.5, 0.6) is 0 Å². The predicted molar refractivity (Wildman–Crippen MR) is 125 cm³/mol. The molecule has 0 aliphatic heterocycles. The zero-order valence-electron chi connectivity index (χ0n) is 18.9. The molecule has 27 heavy (non-hydrogen) atoms. The van der Waals surface area contributed by atoms with E-state index in [9.17, 15) is 0 Å². The maximum absolute atomic E-state index is 5.48. The number of nitrogens with two attached hydrogens (primary N) is 1. The monoisotopic (exact) mass is 375 g/mol. The highest BCUT2D eigenvalue weighted by Crippen LogP contribution is 2.13. The molecule has 0 unspecified atom stereocenters. The van der Waals surface area contributed by atoms with Gasteiger partial charge < -0.3 is 5.73 Å². The lowest BCUT2D eigenvalue weighted by Gasteiger charge is -2.03. The van der Waals surface area contributed by atoms with Crippen molar-refractivity contribution in [2.45, 2.75) is 124 Å². The summed E-state index contributed by atoms with van der Waals surface area (Å²) in [5.74, 6) is 0. The number of benzene rings is 1. The standard InChI is InChI=1S/C18H39N.C8H10/c1-2-3-4-5-6-7-8-9-10-11-12-13-14-15-16-17-18-19;1-7-5-3-4-6-8(7)2/h2-19H2,1H3;3-6H,1-2H3. The Morgan fingerprint density at radius 1 is 0.519 bits per heavy atom. The molecule has 1 rings (SSSR count). The summed E-state index contributed by atoms with van der Waals surface area (Å²) in [5, 5.41) is 0.